The van der Waals surface area contributed by atoms with Crippen molar-refractivity contribution in [3.05, 3.63) is 29.6 Å². The molecular weight excluding hydrogens is 311 g/mol. The highest BCUT2D eigenvalue weighted by Crippen LogP contribution is 2.31. The number of benzene rings is 1. The molecule has 1 fully saturated rings. The standard InChI is InChI=1S/C18H25FN2O3/c1-12(17-15(19)6-5-7-16(17)20(3)4)24-18(23)14-8-10-21(11-9-14)13(2)22/h5-7,12,14H,8-11H2,1-4H3/t12-/m1/s1. The smallest absolute Gasteiger partial charge is 0.309 e. The van der Waals surface area contributed by atoms with Gasteiger partial charge in [0.25, 0.3) is 0 Å². The van der Waals surface area contributed by atoms with Crippen molar-refractivity contribution in [1.82, 2.24) is 4.90 Å². The summed E-state index contributed by atoms with van der Waals surface area (Å²) in [5.41, 5.74) is 1.08. The fourth-order valence-electron chi connectivity index (χ4n) is 3.08. The van der Waals surface area contributed by atoms with Crippen LogP contribution in [0.15, 0.2) is 18.2 Å². The summed E-state index contributed by atoms with van der Waals surface area (Å²) in [7, 11) is 3.65. The Morgan fingerprint density at radius 3 is 2.46 bits per heavy atom. The number of halogens is 1. The van der Waals surface area contributed by atoms with E-state index in [1.807, 2.05) is 14.1 Å². The maximum absolute atomic E-state index is 14.2. The number of ether oxygens (including phenoxy) is 1. The molecule has 0 saturated carbocycles. The predicted molar refractivity (Wildman–Crippen MR) is 90.2 cm³/mol. The highest BCUT2D eigenvalue weighted by atomic mass is 19.1. The van der Waals surface area contributed by atoms with E-state index in [1.165, 1.54) is 13.0 Å². The monoisotopic (exact) mass is 336 g/mol. The largest absolute Gasteiger partial charge is 0.457 e. The van der Waals surface area contributed by atoms with Gasteiger partial charge in [0, 0.05) is 39.8 Å². The van der Waals surface area contributed by atoms with Crippen LogP contribution in [0.3, 0.4) is 0 Å². The molecule has 1 aromatic carbocycles. The molecular formula is C18H25FN2O3. The summed E-state index contributed by atoms with van der Waals surface area (Å²) in [6.45, 7) is 4.34. The molecule has 1 amide bonds. The molecule has 1 aliphatic rings. The lowest BCUT2D eigenvalue weighted by Gasteiger charge is -2.31. The van der Waals surface area contributed by atoms with Gasteiger partial charge in [-0.2, -0.15) is 0 Å². The Kier molecular flexibility index (Phi) is 5.80. The molecule has 0 N–H and O–H groups in total. The molecule has 0 aliphatic carbocycles. The summed E-state index contributed by atoms with van der Waals surface area (Å²) < 4.78 is 19.8. The molecule has 0 radical (unpaired) electrons. The highest BCUT2D eigenvalue weighted by Gasteiger charge is 2.29. The van der Waals surface area contributed by atoms with E-state index in [1.54, 1.807) is 28.9 Å². The van der Waals surface area contributed by atoms with E-state index in [4.69, 9.17) is 4.74 Å². The third-order valence-corrected chi connectivity index (χ3v) is 4.48. The SMILES string of the molecule is CC(=O)N1CCC(C(=O)O[C@H](C)c2c(F)cccc2N(C)C)CC1. The second-order valence-electron chi connectivity index (χ2n) is 6.43. The van der Waals surface area contributed by atoms with E-state index in [9.17, 15) is 14.0 Å². The average Bonchev–Trinajstić information content (AvgIpc) is 2.54. The van der Waals surface area contributed by atoms with Crippen LogP contribution in [0.2, 0.25) is 0 Å². The minimum absolute atomic E-state index is 0.0252. The molecule has 1 atom stereocenters. The molecule has 0 unspecified atom stereocenters. The van der Waals surface area contributed by atoms with Gasteiger partial charge in [0.1, 0.15) is 11.9 Å². The van der Waals surface area contributed by atoms with Crippen molar-refractivity contribution in [3.63, 3.8) is 0 Å². The summed E-state index contributed by atoms with van der Waals surface area (Å²) in [6.07, 6.45) is 0.508. The van der Waals surface area contributed by atoms with Gasteiger partial charge in [-0.25, -0.2) is 4.39 Å². The molecule has 1 aromatic rings. The number of piperidine rings is 1. The molecule has 24 heavy (non-hydrogen) atoms. The van der Waals surface area contributed by atoms with Crippen LogP contribution in [0.4, 0.5) is 10.1 Å². The molecule has 1 heterocycles. The summed E-state index contributed by atoms with van der Waals surface area (Å²) in [4.78, 5) is 27.3. The lowest BCUT2D eigenvalue weighted by atomic mass is 9.96. The second kappa shape index (κ2) is 7.64. The highest BCUT2D eigenvalue weighted by molar-refractivity contribution is 5.75. The minimum atomic E-state index is -0.665. The Morgan fingerprint density at radius 1 is 1.29 bits per heavy atom. The predicted octanol–water partition coefficient (Wildman–Crippen LogP) is 2.75. The normalized spacial score (nSPS) is 16.6. The van der Waals surface area contributed by atoms with Crippen molar-refractivity contribution in [3.8, 4) is 0 Å². The average molecular weight is 336 g/mol. The number of esters is 1. The van der Waals surface area contributed by atoms with Crippen molar-refractivity contribution < 1.29 is 18.7 Å². The van der Waals surface area contributed by atoms with Crippen LogP contribution >= 0.6 is 0 Å². The molecule has 0 aromatic heterocycles. The fourth-order valence-corrected chi connectivity index (χ4v) is 3.08. The summed E-state index contributed by atoms with van der Waals surface area (Å²) >= 11 is 0. The first kappa shape index (κ1) is 18.2. The van der Waals surface area contributed by atoms with Gasteiger partial charge in [0.2, 0.25) is 5.91 Å². The molecule has 2 rings (SSSR count). The third kappa shape index (κ3) is 4.04. The zero-order valence-electron chi connectivity index (χ0n) is 14.7. The zero-order chi connectivity index (χ0) is 17.9. The number of amides is 1. The van der Waals surface area contributed by atoms with Crippen LogP contribution < -0.4 is 4.90 Å². The number of carbonyl (C=O) groups is 2. The number of carbonyl (C=O) groups excluding carboxylic acids is 2. The van der Waals surface area contributed by atoms with Gasteiger partial charge in [0.05, 0.1) is 11.5 Å². The number of likely N-dealkylation sites (tertiary alicyclic amines) is 1. The Balaban J connectivity index is 2.04. The Bertz CT molecular complexity index is 610. The van der Waals surface area contributed by atoms with Crippen molar-refractivity contribution in [2.24, 2.45) is 5.92 Å². The van der Waals surface area contributed by atoms with Crippen molar-refractivity contribution in [2.75, 3.05) is 32.1 Å². The molecule has 0 bridgehead atoms. The van der Waals surface area contributed by atoms with Crippen molar-refractivity contribution in [1.29, 1.82) is 0 Å². The van der Waals surface area contributed by atoms with Gasteiger partial charge >= 0.3 is 5.97 Å². The van der Waals surface area contributed by atoms with Gasteiger partial charge in [-0.1, -0.05) is 6.07 Å². The lowest BCUT2D eigenvalue weighted by Crippen LogP contribution is -2.39. The number of anilines is 1. The molecule has 1 aliphatic heterocycles. The van der Waals surface area contributed by atoms with Gasteiger partial charge in [-0.15, -0.1) is 0 Å². The maximum Gasteiger partial charge on any atom is 0.309 e. The Labute approximate surface area is 142 Å². The van der Waals surface area contributed by atoms with Crippen LogP contribution in [0.5, 0.6) is 0 Å². The van der Waals surface area contributed by atoms with E-state index < -0.39 is 6.10 Å². The number of hydrogen-bond donors (Lipinski definition) is 0. The van der Waals surface area contributed by atoms with Crippen LogP contribution in [0, 0.1) is 11.7 Å². The molecule has 0 spiro atoms. The quantitative estimate of drug-likeness (QED) is 0.794. The van der Waals surface area contributed by atoms with Crippen LogP contribution in [0.25, 0.3) is 0 Å². The molecule has 132 valence electrons. The van der Waals surface area contributed by atoms with Gasteiger partial charge in [0.15, 0.2) is 0 Å². The van der Waals surface area contributed by atoms with Gasteiger partial charge in [-0.3, -0.25) is 9.59 Å². The summed E-state index contributed by atoms with van der Waals surface area (Å²) in [5, 5.41) is 0. The lowest BCUT2D eigenvalue weighted by molar-refractivity contribution is -0.156. The van der Waals surface area contributed by atoms with Crippen molar-refractivity contribution >= 4 is 17.6 Å². The molecule has 6 heteroatoms. The van der Waals surface area contributed by atoms with Crippen LogP contribution in [-0.4, -0.2) is 44.0 Å². The minimum Gasteiger partial charge on any atom is -0.457 e. The number of nitrogens with zero attached hydrogens (tertiary/aromatic N) is 2. The number of hydrogen-bond acceptors (Lipinski definition) is 4. The Morgan fingerprint density at radius 2 is 1.92 bits per heavy atom. The molecule has 5 nitrogen and oxygen atoms in total. The first-order valence-electron chi connectivity index (χ1n) is 8.23. The first-order chi connectivity index (χ1) is 11.3. The van der Waals surface area contributed by atoms with Crippen LogP contribution in [-0.2, 0) is 14.3 Å². The van der Waals surface area contributed by atoms with Gasteiger partial charge < -0.3 is 14.5 Å². The summed E-state index contributed by atoms with van der Waals surface area (Å²) in [6, 6.07) is 4.81. The van der Waals surface area contributed by atoms with E-state index in [0.29, 0.717) is 37.2 Å². The van der Waals surface area contributed by atoms with E-state index >= 15 is 0 Å². The fraction of sp³-hybridized carbons (Fsp3) is 0.556. The Hall–Kier alpha value is -2.11. The maximum atomic E-state index is 14.2. The first-order valence-corrected chi connectivity index (χ1v) is 8.23. The van der Waals surface area contributed by atoms with Crippen LogP contribution in [0.1, 0.15) is 38.4 Å². The zero-order valence-corrected chi connectivity index (χ0v) is 14.7. The van der Waals surface area contributed by atoms with Crippen molar-refractivity contribution in [2.45, 2.75) is 32.8 Å². The summed E-state index contributed by atoms with van der Waals surface area (Å²) in [5.74, 6) is -0.915. The van der Waals surface area contributed by atoms with Gasteiger partial charge in [-0.05, 0) is 31.9 Å². The van der Waals surface area contributed by atoms with E-state index in [-0.39, 0.29) is 23.6 Å². The molecule has 1 saturated heterocycles. The third-order valence-electron chi connectivity index (χ3n) is 4.48. The number of rotatable bonds is 4. The van der Waals surface area contributed by atoms with E-state index in [0.717, 1.165) is 0 Å². The second-order valence-corrected chi connectivity index (χ2v) is 6.43. The van der Waals surface area contributed by atoms with E-state index in [2.05, 4.69) is 0 Å². The topological polar surface area (TPSA) is 49.9 Å².